The summed E-state index contributed by atoms with van der Waals surface area (Å²) in [4.78, 5) is 2.20. The fourth-order valence-electron chi connectivity index (χ4n) is 2.53. The van der Waals surface area contributed by atoms with E-state index >= 15 is 0 Å². The summed E-state index contributed by atoms with van der Waals surface area (Å²) in [6, 6.07) is 7.10. The van der Waals surface area contributed by atoms with E-state index < -0.39 is 0 Å². The van der Waals surface area contributed by atoms with Gasteiger partial charge in [0.05, 0.1) is 0 Å². The molecule has 0 bridgehead atoms. The third-order valence-electron chi connectivity index (χ3n) is 3.23. The van der Waals surface area contributed by atoms with E-state index in [-0.39, 0.29) is 17.3 Å². The molecular weight excluding hydrogens is 239 g/mol. The van der Waals surface area contributed by atoms with Crippen molar-refractivity contribution in [2.75, 3.05) is 27.2 Å². The SMILES string of the molecule is CCC(NCC(C)(C)CN(C)C)c1cccc(F)c1. The molecule has 0 saturated carbocycles. The van der Waals surface area contributed by atoms with Gasteiger partial charge in [0.25, 0.3) is 0 Å². The van der Waals surface area contributed by atoms with Gasteiger partial charge in [-0.2, -0.15) is 0 Å². The fraction of sp³-hybridized carbons (Fsp3) is 0.625. The van der Waals surface area contributed by atoms with E-state index in [0.29, 0.717) is 0 Å². The predicted octanol–water partition coefficient (Wildman–Crippen LogP) is 3.45. The Hall–Kier alpha value is -0.930. The summed E-state index contributed by atoms with van der Waals surface area (Å²) in [5, 5.41) is 3.57. The van der Waals surface area contributed by atoms with E-state index in [4.69, 9.17) is 0 Å². The Balaban J connectivity index is 2.63. The number of nitrogens with one attached hydrogen (secondary N) is 1. The van der Waals surface area contributed by atoms with Gasteiger partial charge in [-0.25, -0.2) is 4.39 Å². The topological polar surface area (TPSA) is 15.3 Å². The van der Waals surface area contributed by atoms with Gasteiger partial charge in [-0.1, -0.05) is 32.9 Å². The molecule has 1 aromatic rings. The molecule has 1 aromatic carbocycles. The lowest BCUT2D eigenvalue weighted by molar-refractivity contribution is 0.224. The Bertz CT molecular complexity index is 388. The number of hydrogen-bond acceptors (Lipinski definition) is 2. The van der Waals surface area contributed by atoms with Crippen LogP contribution >= 0.6 is 0 Å². The van der Waals surface area contributed by atoms with Crippen LogP contribution in [0.4, 0.5) is 4.39 Å². The molecule has 19 heavy (non-hydrogen) atoms. The van der Waals surface area contributed by atoms with Gasteiger partial charge < -0.3 is 10.2 Å². The maximum absolute atomic E-state index is 13.3. The molecule has 0 heterocycles. The van der Waals surface area contributed by atoms with Crippen molar-refractivity contribution in [2.24, 2.45) is 5.41 Å². The second kappa shape index (κ2) is 7.01. The molecule has 0 aromatic heterocycles. The second-order valence-electron chi connectivity index (χ2n) is 6.30. The Kier molecular flexibility index (Phi) is 5.95. The molecule has 0 radical (unpaired) electrons. The largest absolute Gasteiger partial charge is 0.309 e. The quantitative estimate of drug-likeness (QED) is 0.813. The first-order chi connectivity index (χ1) is 8.84. The first kappa shape index (κ1) is 16.1. The van der Waals surface area contributed by atoms with E-state index in [1.54, 1.807) is 12.1 Å². The summed E-state index contributed by atoms with van der Waals surface area (Å²) < 4.78 is 13.3. The Morgan fingerprint density at radius 1 is 1.32 bits per heavy atom. The highest BCUT2D eigenvalue weighted by molar-refractivity contribution is 5.20. The van der Waals surface area contributed by atoms with E-state index in [1.807, 2.05) is 6.07 Å². The Morgan fingerprint density at radius 2 is 2.00 bits per heavy atom. The average Bonchev–Trinajstić information content (AvgIpc) is 2.28. The highest BCUT2D eigenvalue weighted by atomic mass is 19.1. The lowest BCUT2D eigenvalue weighted by Crippen LogP contribution is -2.38. The maximum Gasteiger partial charge on any atom is 0.123 e. The molecule has 0 aliphatic carbocycles. The van der Waals surface area contributed by atoms with Crippen molar-refractivity contribution >= 4 is 0 Å². The van der Waals surface area contributed by atoms with Crippen LogP contribution in [0.25, 0.3) is 0 Å². The fourth-order valence-corrected chi connectivity index (χ4v) is 2.53. The summed E-state index contributed by atoms with van der Waals surface area (Å²) in [6.07, 6.45) is 0.960. The summed E-state index contributed by atoms with van der Waals surface area (Å²) >= 11 is 0. The molecule has 1 rings (SSSR count). The monoisotopic (exact) mass is 266 g/mol. The van der Waals surface area contributed by atoms with Gasteiger partial charge >= 0.3 is 0 Å². The number of benzene rings is 1. The number of rotatable bonds is 7. The molecule has 1 N–H and O–H groups in total. The van der Waals surface area contributed by atoms with Crippen LogP contribution in [0.3, 0.4) is 0 Å². The van der Waals surface area contributed by atoms with Gasteiger partial charge in [0.15, 0.2) is 0 Å². The summed E-state index contributed by atoms with van der Waals surface area (Å²) in [6.45, 7) is 8.57. The average molecular weight is 266 g/mol. The van der Waals surface area contributed by atoms with Crippen LogP contribution in [0.1, 0.15) is 38.8 Å². The van der Waals surface area contributed by atoms with Crippen LogP contribution in [-0.2, 0) is 0 Å². The normalized spacial score (nSPS) is 13.8. The molecule has 1 unspecified atom stereocenters. The van der Waals surface area contributed by atoms with Crippen molar-refractivity contribution in [3.05, 3.63) is 35.6 Å². The number of halogens is 1. The maximum atomic E-state index is 13.3. The van der Waals surface area contributed by atoms with Crippen molar-refractivity contribution in [3.8, 4) is 0 Å². The molecule has 108 valence electrons. The van der Waals surface area contributed by atoms with Crippen LogP contribution in [-0.4, -0.2) is 32.1 Å². The van der Waals surface area contributed by atoms with E-state index in [2.05, 4.69) is 45.1 Å². The van der Waals surface area contributed by atoms with Crippen LogP contribution in [0.15, 0.2) is 24.3 Å². The third-order valence-corrected chi connectivity index (χ3v) is 3.23. The highest BCUT2D eigenvalue weighted by Crippen LogP contribution is 2.21. The minimum atomic E-state index is -0.162. The molecule has 0 spiro atoms. The van der Waals surface area contributed by atoms with Crippen molar-refractivity contribution in [1.29, 1.82) is 0 Å². The zero-order chi connectivity index (χ0) is 14.5. The summed E-state index contributed by atoms with van der Waals surface area (Å²) in [5.74, 6) is -0.162. The molecule has 0 fully saturated rings. The van der Waals surface area contributed by atoms with E-state index in [9.17, 15) is 4.39 Å². The molecule has 3 heteroatoms. The van der Waals surface area contributed by atoms with Crippen molar-refractivity contribution in [2.45, 2.75) is 33.2 Å². The predicted molar refractivity (Wildman–Crippen MR) is 79.8 cm³/mol. The minimum absolute atomic E-state index is 0.162. The molecule has 0 aliphatic rings. The zero-order valence-corrected chi connectivity index (χ0v) is 12.8. The Morgan fingerprint density at radius 3 is 2.53 bits per heavy atom. The van der Waals surface area contributed by atoms with Gasteiger partial charge in [-0.15, -0.1) is 0 Å². The highest BCUT2D eigenvalue weighted by Gasteiger charge is 2.20. The van der Waals surface area contributed by atoms with Crippen LogP contribution in [0.5, 0.6) is 0 Å². The molecular formula is C16H27FN2. The van der Waals surface area contributed by atoms with Gasteiger partial charge in [0.1, 0.15) is 5.82 Å². The van der Waals surface area contributed by atoms with Gasteiger partial charge in [-0.3, -0.25) is 0 Å². The van der Waals surface area contributed by atoms with Crippen LogP contribution < -0.4 is 5.32 Å². The molecule has 0 saturated heterocycles. The van der Waals surface area contributed by atoms with Gasteiger partial charge in [0, 0.05) is 19.1 Å². The van der Waals surface area contributed by atoms with Crippen LogP contribution in [0, 0.1) is 11.2 Å². The van der Waals surface area contributed by atoms with Crippen molar-refractivity contribution in [1.82, 2.24) is 10.2 Å². The van der Waals surface area contributed by atoms with Crippen molar-refractivity contribution < 1.29 is 4.39 Å². The van der Waals surface area contributed by atoms with E-state index in [1.165, 1.54) is 6.07 Å². The summed E-state index contributed by atoms with van der Waals surface area (Å²) in [7, 11) is 4.18. The van der Waals surface area contributed by atoms with Crippen molar-refractivity contribution in [3.63, 3.8) is 0 Å². The van der Waals surface area contributed by atoms with E-state index in [0.717, 1.165) is 25.1 Å². The zero-order valence-electron chi connectivity index (χ0n) is 12.8. The molecule has 0 amide bonds. The number of hydrogen-bond donors (Lipinski definition) is 1. The molecule has 0 aliphatic heterocycles. The van der Waals surface area contributed by atoms with Gasteiger partial charge in [0.2, 0.25) is 0 Å². The number of nitrogens with zero attached hydrogens (tertiary/aromatic N) is 1. The summed E-state index contributed by atoms with van der Waals surface area (Å²) in [5.41, 5.74) is 1.23. The third kappa shape index (κ3) is 5.70. The standard InChI is InChI=1S/C16H27FN2/c1-6-15(13-8-7-9-14(17)10-13)18-11-16(2,3)12-19(4)5/h7-10,15,18H,6,11-12H2,1-5H3. The van der Waals surface area contributed by atoms with Crippen LogP contribution in [0.2, 0.25) is 0 Å². The first-order valence-corrected chi connectivity index (χ1v) is 6.97. The smallest absolute Gasteiger partial charge is 0.123 e. The first-order valence-electron chi connectivity index (χ1n) is 6.97. The molecule has 1 atom stereocenters. The Labute approximate surface area is 117 Å². The van der Waals surface area contributed by atoms with Gasteiger partial charge in [-0.05, 0) is 43.6 Å². The lowest BCUT2D eigenvalue weighted by atomic mass is 9.92. The lowest BCUT2D eigenvalue weighted by Gasteiger charge is -2.31. The minimum Gasteiger partial charge on any atom is -0.309 e. The molecule has 2 nitrogen and oxygen atoms in total. The second-order valence-corrected chi connectivity index (χ2v) is 6.30.